The maximum Gasteiger partial charge on any atom is 0.227 e. The number of aromatic nitrogens is 2. The van der Waals surface area contributed by atoms with Crippen LogP contribution in [0.15, 0.2) is 42.5 Å². The van der Waals surface area contributed by atoms with Crippen LogP contribution in [0.25, 0.3) is 16.6 Å². The molecule has 1 N–H and O–H groups in total. The van der Waals surface area contributed by atoms with E-state index in [-0.39, 0.29) is 18.1 Å². The molecule has 30 heavy (non-hydrogen) atoms. The van der Waals surface area contributed by atoms with Crippen molar-refractivity contribution in [3.8, 4) is 5.69 Å². The Morgan fingerprint density at radius 2 is 1.97 bits per heavy atom. The third-order valence-corrected chi connectivity index (χ3v) is 5.04. The summed E-state index contributed by atoms with van der Waals surface area (Å²) < 4.78 is 25.9. The van der Waals surface area contributed by atoms with Gasteiger partial charge in [0, 0.05) is 19.7 Å². The van der Waals surface area contributed by atoms with E-state index in [4.69, 9.17) is 9.47 Å². The van der Waals surface area contributed by atoms with E-state index >= 15 is 0 Å². The number of rotatable bonds is 7. The topological polar surface area (TPSA) is 68.6 Å². The third kappa shape index (κ3) is 4.29. The Labute approximate surface area is 174 Å². The van der Waals surface area contributed by atoms with Gasteiger partial charge in [-0.25, -0.2) is 9.07 Å². The predicted octanol–water partition coefficient (Wildman–Crippen LogP) is 3.37. The number of benzene rings is 2. The average molecular weight is 412 g/mol. The molecule has 0 bridgehead atoms. The number of amides is 1. The summed E-state index contributed by atoms with van der Waals surface area (Å²) in [6.45, 7) is 5.64. The second-order valence-corrected chi connectivity index (χ2v) is 7.00. The fourth-order valence-electron chi connectivity index (χ4n) is 3.59. The zero-order chi connectivity index (χ0) is 20.9. The molecule has 1 saturated heterocycles. The average Bonchev–Trinajstić information content (AvgIpc) is 3.13. The van der Waals surface area contributed by atoms with Gasteiger partial charge in [0.25, 0.3) is 0 Å². The molecule has 158 valence electrons. The predicted molar refractivity (Wildman–Crippen MR) is 114 cm³/mol. The monoisotopic (exact) mass is 412 g/mol. The summed E-state index contributed by atoms with van der Waals surface area (Å²) in [4.78, 5) is 14.7. The van der Waals surface area contributed by atoms with Crippen LogP contribution in [0.1, 0.15) is 13.3 Å². The van der Waals surface area contributed by atoms with Gasteiger partial charge >= 0.3 is 0 Å². The summed E-state index contributed by atoms with van der Waals surface area (Å²) in [6, 6.07) is 12.1. The molecule has 7 nitrogen and oxygen atoms in total. The van der Waals surface area contributed by atoms with Crippen molar-refractivity contribution >= 4 is 28.3 Å². The van der Waals surface area contributed by atoms with Crippen molar-refractivity contribution in [1.82, 2.24) is 9.78 Å². The van der Waals surface area contributed by atoms with Crippen molar-refractivity contribution in [1.29, 1.82) is 0 Å². The van der Waals surface area contributed by atoms with Crippen molar-refractivity contribution in [3.63, 3.8) is 0 Å². The number of nitrogens with zero attached hydrogens (tertiary/aromatic N) is 3. The molecule has 1 aliphatic heterocycles. The molecule has 2 heterocycles. The van der Waals surface area contributed by atoms with E-state index in [9.17, 15) is 9.18 Å². The van der Waals surface area contributed by atoms with E-state index in [2.05, 4.69) is 15.3 Å². The molecule has 1 aliphatic rings. The molecule has 0 saturated carbocycles. The van der Waals surface area contributed by atoms with Gasteiger partial charge in [-0.15, -0.1) is 5.10 Å². The number of carbonyl (C=O) groups is 1. The Kier molecular flexibility index (Phi) is 6.25. The van der Waals surface area contributed by atoms with Gasteiger partial charge in [0.1, 0.15) is 5.82 Å². The smallest absolute Gasteiger partial charge is 0.227 e. The van der Waals surface area contributed by atoms with Crippen molar-refractivity contribution in [2.75, 3.05) is 49.7 Å². The molecule has 1 amide bonds. The number of hydrogen-bond acceptors (Lipinski definition) is 5. The number of halogens is 1. The highest BCUT2D eigenvalue weighted by atomic mass is 19.1. The van der Waals surface area contributed by atoms with Gasteiger partial charge < -0.3 is 19.7 Å². The van der Waals surface area contributed by atoms with Crippen molar-refractivity contribution < 1.29 is 18.7 Å². The second-order valence-electron chi connectivity index (χ2n) is 7.00. The van der Waals surface area contributed by atoms with E-state index in [1.165, 1.54) is 12.1 Å². The number of nitrogens with one attached hydrogen (secondary N) is 1. The number of carbonyl (C=O) groups excluding carboxylic acids is 1. The fraction of sp³-hybridized carbons (Fsp3) is 0.364. The van der Waals surface area contributed by atoms with Crippen LogP contribution in [0.3, 0.4) is 0 Å². The normalized spacial score (nSPS) is 14.3. The summed E-state index contributed by atoms with van der Waals surface area (Å²) >= 11 is 0. The lowest BCUT2D eigenvalue weighted by molar-refractivity contribution is -0.117. The quantitative estimate of drug-likeness (QED) is 0.603. The molecule has 1 fully saturated rings. The molecule has 0 atom stereocenters. The van der Waals surface area contributed by atoms with Crippen LogP contribution in [0.4, 0.5) is 15.9 Å². The molecule has 8 heteroatoms. The molecular formula is C22H25FN4O3. The fourth-order valence-corrected chi connectivity index (χ4v) is 3.59. The molecule has 2 aromatic carbocycles. The molecular weight excluding hydrogens is 387 g/mol. The minimum Gasteiger partial charge on any atom is -0.381 e. The molecule has 1 aromatic heterocycles. The molecule has 0 aliphatic carbocycles. The summed E-state index contributed by atoms with van der Waals surface area (Å²) in [7, 11) is 0. The SMILES string of the molecule is CCOCCC(=O)Nc1nn(-c2ccc(F)cc2)c2cccc(N3CCOCC3)c12. The van der Waals surface area contributed by atoms with E-state index in [1.807, 2.05) is 25.1 Å². The van der Waals surface area contributed by atoms with Crippen LogP contribution in [0.5, 0.6) is 0 Å². The second kappa shape index (κ2) is 9.23. The number of morpholine rings is 1. The summed E-state index contributed by atoms with van der Waals surface area (Å²) in [5, 5.41) is 8.47. The van der Waals surface area contributed by atoms with Crippen LogP contribution in [-0.4, -0.2) is 55.2 Å². The first-order chi connectivity index (χ1) is 14.7. The van der Waals surface area contributed by atoms with E-state index in [0.717, 1.165) is 35.4 Å². The van der Waals surface area contributed by atoms with Crippen LogP contribution >= 0.6 is 0 Å². The lowest BCUT2D eigenvalue weighted by Gasteiger charge is -2.29. The Morgan fingerprint density at radius 3 is 2.70 bits per heavy atom. The van der Waals surface area contributed by atoms with Gasteiger partial charge in [-0.3, -0.25) is 4.79 Å². The minimum absolute atomic E-state index is 0.161. The number of ether oxygens (including phenoxy) is 2. The van der Waals surface area contributed by atoms with Crippen LogP contribution < -0.4 is 10.2 Å². The Morgan fingerprint density at radius 1 is 1.20 bits per heavy atom. The maximum absolute atomic E-state index is 13.4. The molecule has 0 radical (unpaired) electrons. The highest BCUT2D eigenvalue weighted by molar-refractivity contribution is 6.06. The number of hydrogen-bond donors (Lipinski definition) is 1. The Bertz CT molecular complexity index is 1010. The molecule has 0 spiro atoms. The van der Waals surface area contributed by atoms with E-state index in [0.29, 0.717) is 32.2 Å². The first-order valence-corrected chi connectivity index (χ1v) is 10.2. The lowest BCUT2D eigenvalue weighted by atomic mass is 10.1. The van der Waals surface area contributed by atoms with E-state index < -0.39 is 0 Å². The van der Waals surface area contributed by atoms with Crippen LogP contribution in [0.2, 0.25) is 0 Å². The first-order valence-electron chi connectivity index (χ1n) is 10.2. The van der Waals surface area contributed by atoms with Gasteiger partial charge in [-0.1, -0.05) is 6.07 Å². The van der Waals surface area contributed by atoms with Crippen LogP contribution in [0, 0.1) is 5.82 Å². The highest BCUT2D eigenvalue weighted by Crippen LogP contribution is 2.35. The largest absolute Gasteiger partial charge is 0.381 e. The highest BCUT2D eigenvalue weighted by Gasteiger charge is 2.21. The minimum atomic E-state index is -0.311. The molecule has 4 rings (SSSR count). The molecule has 0 unspecified atom stereocenters. The van der Waals surface area contributed by atoms with Crippen LogP contribution in [-0.2, 0) is 14.3 Å². The summed E-state index contributed by atoms with van der Waals surface area (Å²) in [5.74, 6) is 0.0115. The third-order valence-electron chi connectivity index (χ3n) is 5.04. The first kappa shape index (κ1) is 20.3. The van der Waals surface area contributed by atoms with Crippen molar-refractivity contribution in [3.05, 3.63) is 48.3 Å². The van der Waals surface area contributed by atoms with Gasteiger partial charge in [-0.05, 0) is 43.3 Å². The van der Waals surface area contributed by atoms with Gasteiger partial charge in [0.2, 0.25) is 5.91 Å². The van der Waals surface area contributed by atoms with E-state index in [1.54, 1.807) is 16.8 Å². The summed E-state index contributed by atoms with van der Waals surface area (Å²) in [6.07, 6.45) is 0.248. The Hall–Kier alpha value is -2.97. The van der Waals surface area contributed by atoms with Gasteiger partial charge in [-0.2, -0.15) is 0 Å². The Balaban J connectivity index is 1.77. The number of fused-ring (bicyclic) bond motifs is 1. The lowest BCUT2D eigenvalue weighted by Crippen LogP contribution is -2.36. The zero-order valence-electron chi connectivity index (χ0n) is 16.9. The standard InChI is InChI=1S/C22H25FN4O3/c1-2-29-13-10-20(28)24-22-21-18(26-11-14-30-15-12-26)4-3-5-19(21)27(25-22)17-8-6-16(23)7-9-17/h3-9H,2,10-15H2,1H3,(H,24,25,28). The summed E-state index contributed by atoms with van der Waals surface area (Å²) in [5.41, 5.74) is 2.55. The van der Waals surface area contributed by atoms with Gasteiger partial charge in [0.15, 0.2) is 5.82 Å². The maximum atomic E-state index is 13.4. The zero-order valence-corrected chi connectivity index (χ0v) is 16.9. The van der Waals surface area contributed by atoms with Crippen molar-refractivity contribution in [2.45, 2.75) is 13.3 Å². The van der Waals surface area contributed by atoms with Crippen molar-refractivity contribution in [2.24, 2.45) is 0 Å². The van der Waals surface area contributed by atoms with Gasteiger partial charge in [0.05, 0.1) is 48.5 Å². The number of anilines is 2. The molecule has 3 aromatic rings.